The molecule has 0 aromatic carbocycles. The molecule has 1 fully saturated rings. The Morgan fingerprint density at radius 3 is 2.83 bits per heavy atom. The van der Waals surface area contributed by atoms with E-state index in [1.54, 1.807) is 6.92 Å². The maximum absolute atomic E-state index is 12.4. The zero-order valence-electron chi connectivity index (χ0n) is 13.4. The normalized spacial score (nSPS) is 18.5. The Morgan fingerprint density at radius 1 is 1.54 bits per heavy atom. The summed E-state index contributed by atoms with van der Waals surface area (Å²) in [4.78, 5) is 27.9. The summed E-state index contributed by atoms with van der Waals surface area (Å²) in [5.41, 5.74) is -0.562. The van der Waals surface area contributed by atoms with Gasteiger partial charge in [-0.25, -0.2) is 17.7 Å². The summed E-state index contributed by atoms with van der Waals surface area (Å²) in [5.74, 6) is -0.563. The van der Waals surface area contributed by atoms with Crippen LogP contribution in [0.2, 0.25) is 5.15 Å². The molecule has 0 saturated carbocycles. The lowest BCUT2D eigenvalue weighted by molar-refractivity contribution is -0.143. The first-order valence-electron chi connectivity index (χ1n) is 7.35. The van der Waals surface area contributed by atoms with Crippen LogP contribution in [0.3, 0.4) is 0 Å². The fourth-order valence-electron chi connectivity index (χ4n) is 2.39. The average molecular weight is 379 g/mol. The first-order valence-corrected chi connectivity index (χ1v) is 9.57. The lowest BCUT2D eigenvalue weighted by Crippen LogP contribution is -2.34. The topological polar surface area (TPSA) is 111 Å². The molecule has 1 unspecified atom stereocenters. The summed E-state index contributed by atoms with van der Waals surface area (Å²) in [6, 6.07) is -0.239. The lowest BCUT2D eigenvalue weighted by atomic mass is 10.2. The number of hydrogen-bond acceptors (Lipinski definition) is 7. The van der Waals surface area contributed by atoms with Gasteiger partial charge in [-0.2, -0.15) is 0 Å². The van der Waals surface area contributed by atoms with Crippen molar-refractivity contribution in [3.05, 3.63) is 21.7 Å². The lowest BCUT2D eigenvalue weighted by Gasteiger charge is -2.16. The predicted molar refractivity (Wildman–Crippen MR) is 88.6 cm³/mol. The second kappa shape index (κ2) is 7.49. The third kappa shape index (κ3) is 4.46. The molecule has 0 spiro atoms. The van der Waals surface area contributed by atoms with Crippen LogP contribution in [0.25, 0.3) is 0 Å². The maximum atomic E-state index is 12.4. The first kappa shape index (κ1) is 18.7. The first-order chi connectivity index (χ1) is 11.2. The summed E-state index contributed by atoms with van der Waals surface area (Å²) in [6.07, 6.45) is 2.95. The second-order valence-corrected chi connectivity index (χ2v) is 7.75. The number of hydrogen-bond donors (Lipinski definition) is 1. The van der Waals surface area contributed by atoms with Gasteiger partial charge in [0.1, 0.15) is 11.7 Å². The number of rotatable bonds is 6. The Labute approximate surface area is 144 Å². The number of sulfonamides is 1. The molecule has 9 nitrogen and oxygen atoms in total. The van der Waals surface area contributed by atoms with Crippen molar-refractivity contribution in [2.75, 3.05) is 31.3 Å². The van der Waals surface area contributed by atoms with E-state index >= 15 is 0 Å². The van der Waals surface area contributed by atoms with Crippen molar-refractivity contribution in [1.29, 1.82) is 0 Å². The molecule has 0 bridgehead atoms. The predicted octanol–water partition coefficient (Wildman–Crippen LogP) is -0.0944. The van der Waals surface area contributed by atoms with Crippen molar-refractivity contribution in [3.8, 4) is 0 Å². The zero-order chi connectivity index (χ0) is 17.9. The largest absolute Gasteiger partial charge is 0.465 e. The fraction of sp³-hybridized carbons (Fsp3) is 0.615. The highest BCUT2D eigenvalue weighted by molar-refractivity contribution is 7.88. The highest BCUT2D eigenvalue weighted by Crippen LogP contribution is 2.16. The van der Waals surface area contributed by atoms with E-state index in [0.29, 0.717) is 13.0 Å². The number of carbonyl (C=O) groups is 1. The summed E-state index contributed by atoms with van der Waals surface area (Å²) < 4.78 is 30.2. The van der Waals surface area contributed by atoms with Crippen LogP contribution < -0.4 is 10.9 Å². The van der Waals surface area contributed by atoms with Crippen LogP contribution in [0.5, 0.6) is 0 Å². The van der Waals surface area contributed by atoms with Gasteiger partial charge in [0.2, 0.25) is 10.0 Å². The molecule has 134 valence electrons. The third-order valence-electron chi connectivity index (χ3n) is 3.56. The van der Waals surface area contributed by atoms with Crippen LogP contribution in [0.15, 0.2) is 11.0 Å². The molecule has 11 heteroatoms. The van der Waals surface area contributed by atoms with E-state index in [1.807, 2.05) is 0 Å². The van der Waals surface area contributed by atoms with Crippen LogP contribution in [0.4, 0.5) is 5.82 Å². The van der Waals surface area contributed by atoms with Crippen LogP contribution in [0.1, 0.15) is 13.3 Å². The van der Waals surface area contributed by atoms with E-state index in [-0.39, 0.29) is 36.7 Å². The molecule has 1 saturated heterocycles. The molecular formula is C13H19ClN4O5S. The molecule has 0 amide bonds. The fourth-order valence-corrected chi connectivity index (χ4v) is 3.46. The molecule has 1 aliphatic heterocycles. The summed E-state index contributed by atoms with van der Waals surface area (Å²) >= 11 is 5.92. The Balaban J connectivity index is 2.15. The minimum absolute atomic E-state index is 0.0165. The SMILES string of the molecule is CCOC(=O)Cn1c(Cl)cnc(NC2CCN(S(C)(=O)=O)C2)c1=O. The number of carbonyl (C=O) groups excluding carboxylic acids is 1. The summed E-state index contributed by atoms with van der Waals surface area (Å²) in [7, 11) is -3.27. The van der Waals surface area contributed by atoms with E-state index in [0.717, 1.165) is 10.8 Å². The van der Waals surface area contributed by atoms with Gasteiger partial charge in [-0.1, -0.05) is 11.6 Å². The standard InChI is InChI=1S/C13H19ClN4O5S/c1-3-23-11(19)8-18-10(14)6-15-12(13(18)20)16-9-4-5-17(7-9)24(2,21)22/h6,9H,3-5,7-8H2,1-2H3,(H,15,16). The number of ether oxygens (including phenoxy) is 1. The van der Waals surface area contributed by atoms with Gasteiger partial charge in [0.15, 0.2) is 5.82 Å². The van der Waals surface area contributed by atoms with Crippen LogP contribution >= 0.6 is 11.6 Å². The van der Waals surface area contributed by atoms with Crippen molar-refractivity contribution < 1.29 is 17.9 Å². The van der Waals surface area contributed by atoms with Gasteiger partial charge >= 0.3 is 5.97 Å². The zero-order valence-corrected chi connectivity index (χ0v) is 14.9. The highest BCUT2D eigenvalue weighted by atomic mass is 35.5. The Kier molecular flexibility index (Phi) is 5.83. The quantitative estimate of drug-likeness (QED) is 0.688. The molecule has 24 heavy (non-hydrogen) atoms. The minimum atomic E-state index is -3.27. The monoisotopic (exact) mass is 378 g/mol. The minimum Gasteiger partial charge on any atom is -0.465 e. The van der Waals surface area contributed by atoms with Gasteiger partial charge in [-0.3, -0.25) is 14.2 Å². The molecule has 2 rings (SSSR count). The average Bonchev–Trinajstić information content (AvgIpc) is 2.95. The van der Waals surface area contributed by atoms with E-state index in [4.69, 9.17) is 16.3 Å². The van der Waals surface area contributed by atoms with E-state index in [1.165, 1.54) is 10.5 Å². The molecule has 0 radical (unpaired) electrons. The number of nitrogens with one attached hydrogen (secondary N) is 1. The van der Waals surface area contributed by atoms with Gasteiger partial charge < -0.3 is 10.1 Å². The molecular weight excluding hydrogens is 360 g/mol. The summed E-state index contributed by atoms with van der Waals surface area (Å²) in [6.45, 7) is 2.17. The molecule has 1 N–H and O–H groups in total. The number of aromatic nitrogens is 2. The molecule has 1 atom stereocenters. The Bertz CT molecular complexity index is 779. The Morgan fingerprint density at radius 2 is 2.25 bits per heavy atom. The highest BCUT2D eigenvalue weighted by Gasteiger charge is 2.29. The van der Waals surface area contributed by atoms with Crippen molar-refractivity contribution in [3.63, 3.8) is 0 Å². The van der Waals surface area contributed by atoms with E-state index in [9.17, 15) is 18.0 Å². The van der Waals surface area contributed by atoms with Crippen LogP contribution in [-0.4, -0.2) is 60.2 Å². The summed E-state index contributed by atoms with van der Waals surface area (Å²) in [5, 5.41) is 2.94. The van der Waals surface area contributed by atoms with Crippen LogP contribution in [0, 0.1) is 0 Å². The Hall–Kier alpha value is -1.65. The smallest absolute Gasteiger partial charge is 0.326 e. The van der Waals surface area contributed by atoms with Gasteiger partial charge in [0.05, 0.1) is 19.1 Å². The maximum Gasteiger partial charge on any atom is 0.326 e. The number of nitrogens with zero attached hydrogens (tertiary/aromatic N) is 3. The van der Waals surface area contributed by atoms with Gasteiger partial charge in [0, 0.05) is 19.1 Å². The van der Waals surface area contributed by atoms with E-state index in [2.05, 4.69) is 10.3 Å². The van der Waals surface area contributed by atoms with Gasteiger partial charge in [-0.15, -0.1) is 0 Å². The number of halogens is 1. The van der Waals surface area contributed by atoms with Crippen molar-refractivity contribution in [2.45, 2.75) is 25.9 Å². The van der Waals surface area contributed by atoms with Crippen LogP contribution in [-0.2, 0) is 26.1 Å². The second-order valence-electron chi connectivity index (χ2n) is 5.38. The third-order valence-corrected chi connectivity index (χ3v) is 5.13. The molecule has 1 aliphatic rings. The van der Waals surface area contributed by atoms with Crippen molar-refractivity contribution in [1.82, 2.24) is 13.9 Å². The molecule has 1 aromatic rings. The van der Waals surface area contributed by atoms with Crippen molar-refractivity contribution in [2.24, 2.45) is 0 Å². The van der Waals surface area contributed by atoms with Gasteiger partial charge in [0.25, 0.3) is 5.56 Å². The molecule has 2 heterocycles. The van der Waals surface area contributed by atoms with Gasteiger partial charge in [-0.05, 0) is 13.3 Å². The van der Waals surface area contributed by atoms with E-state index < -0.39 is 21.6 Å². The van der Waals surface area contributed by atoms with Crippen molar-refractivity contribution >= 4 is 33.4 Å². The molecule has 0 aliphatic carbocycles. The molecule has 1 aromatic heterocycles. The number of esters is 1. The number of anilines is 1.